The molecular weight excluding hydrogens is 525 g/mol. The molecule has 0 bridgehead atoms. The van der Waals surface area contributed by atoms with Crippen molar-refractivity contribution >= 4 is 0 Å². The van der Waals surface area contributed by atoms with E-state index in [0.717, 1.165) is 36.4 Å². The van der Waals surface area contributed by atoms with Crippen LogP contribution >= 0.6 is 0 Å². The van der Waals surface area contributed by atoms with Crippen molar-refractivity contribution in [3.8, 4) is 0 Å². The van der Waals surface area contributed by atoms with Crippen molar-refractivity contribution in [2.75, 3.05) is 13.1 Å². The summed E-state index contributed by atoms with van der Waals surface area (Å²) >= 11 is 0. The van der Waals surface area contributed by atoms with Crippen molar-refractivity contribution in [2.24, 2.45) is 0 Å². The van der Waals surface area contributed by atoms with Crippen molar-refractivity contribution in [1.82, 2.24) is 5.32 Å². The van der Waals surface area contributed by atoms with Crippen LogP contribution in [0.4, 0.5) is 39.5 Å². The van der Waals surface area contributed by atoms with Gasteiger partial charge < -0.3 is 10.4 Å². The lowest BCUT2D eigenvalue weighted by Gasteiger charge is -2.37. The monoisotopic (exact) mass is 549 g/mol. The van der Waals surface area contributed by atoms with Gasteiger partial charge in [0.05, 0.1) is 23.7 Å². The molecule has 0 aliphatic heterocycles. The number of hydrogen-bond donors (Lipinski definition) is 2. The van der Waals surface area contributed by atoms with Crippen LogP contribution in [0.15, 0.2) is 78.9 Å². The first-order valence-electron chi connectivity index (χ1n) is 11.5. The lowest BCUT2D eigenvalue weighted by atomic mass is 9.69. The second-order valence-electron chi connectivity index (χ2n) is 9.01. The van der Waals surface area contributed by atoms with E-state index in [4.69, 9.17) is 0 Å². The summed E-state index contributed by atoms with van der Waals surface area (Å²) in [6.07, 6.45) is -17.6. The van der Waals surface area contributed by atoms with Crippen LogP contribution in [-0.2, 0) is 24.2 Å². The maximum atomic E-state index is 13.6. The number of halogens is 9. The first kappa shape index (κ1) is 29.5. The predicted molar refractivity (Wildman–Crippen MR) is 123 cm³/mol. The minimum atomic E-state index is -4.75. The fourth-order valence-corrected chi connectivity index (χ4v) is 4.36. The molecule has 3 aromatic carbocycles. The third-order valence-electron chi connectivity index (χ3n) is 6.11. The molecule has 11 heteroatoms. The molecule has 38 heavy (non-hydrogen) atoms. The zero-order chi connectivity index (χ0) is 28.2. The van der Waals surface area contributed by atoms with Crippen LogP contribution in [-0.4, -0.2) is 30.5 Å². The van der Waals surface area contributed by atoms with E-state index in [1.165, 1.54) is 12.1 Å². The number of hydrogen-bond acceptors (Lipinski definition) is 2. The van der Waals surface area contributed by atoms with Crippen molar-refractivity contribution in [2.45, 2.75) is 42.9 Å². The quantitative estimate of drug-likeness (QED) is 0.278. The van der Waals surface area contributed by atoms with Gasteiger partial charge in [-0.1, -0.05) is 66.7 Å². The molecule has 3 aromatic rings. The van der Waals surface area contributed by atoms with Crippen LogP contribution in [0, 0.1) is 0 Å². The molecule has 0 spiro atoms. The zero-order valence-corrected chi connectivity index (χ0v) is 19.8. The Hall–Kier alpha value is -3.05. The van der Waals surface area contributed by atoms with Gasteiger partial charge in [-0.15, -0.1) is 0 Å². The molecule has 0 aromatic heterocycles. The standard InChI is InChI=1S/C27H24F9NO/c28-25(29,30)15-23(38)16-37-17-24(14-18-6-2-1-3-7-18,19-8-4-10-21(12-19)26(31,32)33)20-9-5-11-22(13-20)27(34,35)36/h1-13,23,37-38H,14-17H2/t23-/m1/s1. The van der Waals surface area contributed by atoms with E-state index in [-0.39, 0.29) is 24.1 Å². The summed E-state index contributed by atoms with van der Waals surface area (Å²) < 4.78 is 120. The molecule has 0 saturated carbocycles. The van der Waals surface area contributed by atoms with Crippen molar-refractivity contribution in [3.63, 3.8) is 0 Å². The summed E-state index contributed by atoms with van der Waals surface area (Å²) in [6.45, 7) is -0.951. The van der Waals surface area contributed by atoms with E-state index >= 15 is 0 Å². The van der Waals surface area contributed by atoms with E-state index in [1.54, 1.807) is 30.3 Å². The highest BCUT2D eigenvalue weighted by Crippen LogP contribution is 2.41. The summed E-state index contributed by atoms with van der Waals surface area (Å²) in [7, 11) is 0. The molecule has 0 radical (unpaired) electrons. The minimum absolute atomic E-state index is 0.00770. The summed E-state index contributed by atoms with van der Waals surface area (Å²) in [5, 5.41) is 12.5. The van der Waals surface area contributed by atoms with Crippen LogP contribution in [0.2, 0.25) is 0 Å². The van der Waals surface area contributed by atoms with Crippen molar-refractivity contribution < 1.29 is 44.6 Å². The largest absolute Gasteiger partial charge is 0.416 e. The Morgan fingerprint density at radius 2 is 1.11 bits per heavy atom. The van der Waals surface area contributed by atoms with E-state index < -0.39 is 54.1 Å². The van der Waals surface area contributed by atoms with E-state index in [9.17, 15) is 44.6 Å². The normalized spacial score (nSPS) is 13.9. The van der Waals surface area contributed by atoms with Gasteiger partial charge in [0.1, 0.15) is 0 Å². The zero-order valence-electron chi connectivity index (χ0n) is 19.8. The molecule has 3 rings (SSSR count). The second kappa shape index (κ2) is 11.4. The first-order chi connectivity index (χ1) is 17.6. The Balaban J connectivity index is 2.18. The summed E-state index contributed by atoms with van der Waals surface area (Å²) in [6, 6.07) is 16.5. The Morgan fingerprint density at radius 1 is 0.632 bits per heavy atom. The predicted octanol–water partition coefficient (Wildman–Crippen LogP) is 7.16. The SMILES string of the molecule is O[C@@H](CNCC(Cc1ccccc1)(c1cccc(C(F)(F)F)c1)c1cccc(C(F)(F)F)c1)CC(F)(F)F. The molecule has 0 amide bonds. The molecule has 2 N–H and O–H groups in total. The maximum absolute atomic E-state index is 13.6. The van der Waals surface area contributed by atoms with Gasteiger partial charge in [0.25, 0.3) is 0 Å². The van der Waals surface area contributed by atoms with Gasteiger partial charge >= 0.3 is 18.5 Å². The topological polar surface area (TPSA) is 32.3 Å². The van der Waals surface area contributed by atoms with E-state index in [0.29, 0.717) is 5.56 Å². The fraction of sp³-hybridized carbons (Fsp3) is 0.333. The smallest absolute Gasteiger partial charge is 0.391 e. The first-order valence-corrected chi connectivity index (χ1v) is 11.5. The highest BCUT2D eigenvalue weighted by Gasteiger charge is 2.40. The number of nitrogens with one attached hydrogen (secondary N) is 1. The van der Waals surface area contributed by atoms with Gasteiger partial charge in [-0.25, -0.2) is 0 Å². The second-order valence-corrected chi connectivity index (χ2v) is 9.01. The van der Waals surface area contributed by atoms with Crippen LogP contribution in [0.5, 0.6) is 0 Å². The van der Waals surface area contributed by atoms with Gasteiger partial charge in [-0.05, 0) is 35.2 Å². The molecular formula is C27H24F9NO. The highest BCUT2D eigenvalue weighted by molar-refractivity contribution is 5.46. The van der Waals surface area contributed by atoms with Gasteiger partial charge in [0.15, 0.2) is 0 Å². The Labute approximate surface area is 213 Å². The third-order valence-corrected chi connectivity index (χ3v) is 6.11. The molecule has 0 aliphatic carbocycles. The van der Waals surface area contributed by atoms with Crippen LogP contribution < -0.4 is 5.32 Å². The number of benzene rings is 3. The average Bonchev–Trinajstić information content (AvgIpc) is 2.82. The van der Waals surface area contributed by atoms with Crippen LogP contribution in [0.25, 0.3) is 0 Å². The summed E-state index contributed by atoms with van der Waals surface area (Å²) in [5.74, 6) is 0. The van der Waals surface area contributed by atoms with E-state index in [1.807, 2.05) is 0 Å². The highest BCUT2D eigenvalue weighted by atomic mass is 19.4. The number of aliphatic hydroxyl groups excluding tert-OH is 1. The fourth-order valence-electron chi connectivity index (χ4n) is 4.36. The molecule has 0 aliphatic rings. The molecule has 2 nitrogen and oxygen atoms in total. The van der Waals surface area contributed by atoms with Gasteiger partial charge in [-0.3, -0.25) is 0 Å². The van der Waals surface area contributed by atoms with Gasteiger partial charge in [0, 0.05) is 18.5 Å². The summed E-state index contributed by atoms with van der Waals surface area (Å²) in [4.78, 5) is 0. The Kier molecular flexibility index (Phi) is 8.82. The van der Waals surface area contributed by atoms with Gasteiger partial charge in [-0.2, -0.15) is 39.5 Å². The molecule has 0 heterocycles. The van der Waals surface area contributed by atoms with E-state index in [2.05, 4.69) is 5.32 Å². The molecule has 206 valence electrons. The van der Waals surface area contributed by atoms with Crippen molar-refractivity contribution in [3.05, 3.63) is 107 Å². The Bertz CT molecular complexity index is 1130. The van der Waals surface area contributed by atoms with Gasteiger partial charge in [0.2, 0.25) is 0 Å². The molecule has 0 saturated heterocycles. The van der Waals surface area contributed by atoms with Crippen LogP contribution in [0.1, 0.15) is 34.2 Å². The Morgan fingerprint density at radius 3 is 1.55 bits per heavy atom. The third kappa shape index (κ3) is 7.73. The number of alkyl halides is 9. The number of aliphatic hydroxyl groups is 1. The number of rotatable bonds is 9. The van der Waals surface area contributed by atoms with Crippen LogP contribution in [0.3, 0.4) is 0 Å². The molecule has 1 atom stereocenters. The lowest BCUT2D eigenvalue weighted by Crippen LogP contribution is -2.44. The minimum Gasteiger partial charge on any atom is -0.391 e. The molecule has 0 unspecified atom stereocenters. The average molecular weight is 549 g/mol. The maximum Gasteiger partial charge on any atom is 0.416 e. The summed E-state index contributed by atoms with van der Waals surface area (Å²) in [5.41, 5.74) is -3.06. The van der Waals surface area contributed by atoms with Crippen molar-refractivity contribution in [1.29, 1.82) is 0 Å². The molecule has 0 fully saturated rings. The lowest BCUT2D eigenvalue weighted by molar-refractivity contribution is -0.152.